The van der Waals surface area contributed by atoms with Crippen LogP contribution in [0.25, 0.3) is 0 Å². The Morgan fingerprint density at radius 2 is 2.00 bits per heavy atom. The lowest BCUT2D eigenvalue weighted by Gasteiger charge is -2.15. The number of methoxy groups -OCH3 is 1. The van der Waals surface area contributed by atoms with E-state index in [9.17, 15) is 4.79 Å². The first-order valence-corrected chi connectivity index (χ1v) is 6.07. The number of H-pyrrole nitrogens is 1. The molecule has 1 atom stereocenters. The van der Waals surface area contributed by atoms with Crippen LogP contribution in [-0.2, 0) is 0 Å². The highest BCUT2D eigenvalue weighted by Crippen LogP contribution is 2.20. The molecule has 0 radical (unpaired) electrons. The Morgan fingerprint density at radius 1 is 1.32 bits per heavy atom. The molecule has 19 heavy (non-hydrogen) atoms. The normalized spacial score (nSPS) is 11.9. The minimum Gasteiger partial charge on any atom is -0.497 e. The minimum atomic E-state index is -0.156. The molecule has 0 spiro atoms. The standard InChI is InChI=1S/C14H17N3O2/c1-9(11-4-6-12(19-3)7-5-11)15-13-8-14(18)17-10(2)16-13/h4-9H,1-3H3,(H2,15,16,17,18). The van der Waals surface area contributed by atoms with Gasteiger partial charge in [0.05, 0.1) is 7.11 Å². The Kier molecular flexibility index (Phi) is 3.85. The summed E-state index contributed by atoms with van der Waals surface area (Å²) in [6.45, 7) is 3.77. The van der Waals surface area contributed by atoms with Crippen LogP contribution in [0.15, 0.2) is 35.1 Å². The van der Waals surface area contributed by atoms with Crippen LogP contribution in [0, 0.1) is 6.92 Å². The van der Waals surface area contributed by atoms with E-state index in [1.54, 1.807) is 14.0 Å². The first kappa shape index (κ1) is 13.1. The summed E-state index contributed by atoms with van der Waals surface area (Å²) in [5.74, 6) is 1.99. The summed E-state index contributed by atoms with van der Waals surface area (Å²) < 4.78 is 5.12. The van der Waals surface area contributed by atoms with Crippen LogP contribution in [0.2, 0.25) is 0 Å². The molecule has 100 valence electrons. The molecule has 2 aromatic rings. The summed E-state index contributed by atoms with van der Waals surface area (Å²) in [6, 6.07) is 9.29. The summed E-state index contributed by atoms with van der Waals surface area (Å²) in [6.07, 6.45) is 0. The largest absolute Gasteiger partial charge is 0.497 e. The summed E-state index contributed by atoms with van der Waals surface area (Å²) in [5, 5.41) is 3.21. The number of hydrogen-bond acceptors (Lipinski definition) is 4. The highest BCUT2D eigenvalue weighted by atomic mass is 16.5. The SMILES string of the molecule is COc1ccc(C(C)Nc2cc(=O)[nH]c(C)n2)cc1. The van der Waals surface area contributed by atoms with E-state index in [0.717, 1.165) is 11.3 Å². The molecule has 0 bridgehead atoms. The Morgan fingerprint density at radius 3 is 2.58 bits per heavy atom. The number of anilines is 1. The first-order chi connectivity index (χ1) is 9.08. The van der Waals surface area contributed by atoms with Gasteiger partial charge in [-0.1, -0.05) is 12.1 Å². The highest BCUT2D eigenvalue weighted by molar-refractivity contribution is 5.38. The average Bonchev–Trinajstić information content (AvgIpc) is 2.37. The zero-order chi connectivity index (χ0) is 13.8. The van der Waals surface area contributed by atoms with Crippen molar-refractivity contribution in [3.05, 3.63) is 52.1 Å². The van der Waals surface area contributed by atoms with Crippen molar-refractivity contribution >= 4 is 5.82 Å². The maximum absolute atomic E-state index is 11.4. The zero-order valence-corrected chi connectivity index (χ0v) is 11.2. The lowest BCUT2D eigenvalue weighted by Crippen LogP contribution is -2.14. The molecule has 5 nitrogen and oxygen atoms in total. The third-order valence-electron chi connectivity index (χ3n) is 2.84. The third-order valence-corrected chi connectivity index (χ3v) is 2.84. The molecule has 1 aromatic heterocycles. The van der Waals surface area contributed by atoms with Crippen molar-refractivity contribution in [3.63, 3.8) is 0 Å². The summed E-state index contributed by atoms with van der Waals surface area (Å²) in [7, 11) is 1.64. The number of aromatic amines is 1. The first-order valence-electron chi connectivity index (χ1n) is 6.07. The summed E-state index contributed by atoms with van der Waals surface area (Å²) >= 11 is 0. The number of hydrogen-bond donors (Lipinski definition) is 2. The lowest BCUT2D eigenvalue weighted by molar-refractivity contribution is 0.414. The van der Waals surface area contributed by atoms with Gasteiger partial charge >= 0.3 is 0 Å². The van der Waals surface area contributed by atoms with Gasteiger partial charge in [-0.2, -0.15) is 0 Å². The van der Waals surface area contributed by atoms with Crippen LogP contribution >= 0.6 is 0 Å². The molecule has 2 rings (SSSR count). The molecular formula is C14H17N3O2. The van der Waals surface area contributed by atoms with Crippen molar-refractivity contribution in [2.45, 2.75) is 19.9 Å². The maximum atomic E-state index is 11.4. The van der Waals surface area contributed by atoms with Crippen LogP contribution in [-0.4, -0.2) is 17.1 Å². The van der Waals surface area contributed by atoms with Crippen molar-refractivity contribution in [2.24, 2.45) is 0 Å². The number of ether oxygens (including phenoxy) is 1. The smallest absolute Gasteiger partial charge is 0.252 e. The molecule has 0 saturated carbocycles. The lowest BCUT2D eigenvalue weighted by atomic mass is 10.1. The highest BCUT2D eigenvalue weighted by Gasteiger charge is 2.07. The van der Waals surface area contributed by atoms with Gasteiger partial charge in [0.2, 0.25) is 0 Å². The van der Waals surface area contributed by atoms with Crippen LogP contribution in [0.5, 0.6) is 5.75 Å². The van der Waals surface area contributed by atoms with Crippen molar-refractivity contribution < 1.29 is 4.74 Å². The molecule has 0 aliphatic rings. The van der Waals surface area contributed by atoms with E-state index in [1.807, 2.05) is 31.2 Å². The summed E-state index contributed by atoms with van der Waals surface area (Å²) in [5.41, 5.74) is 0.942. The Balaban J connectivity index is 2.15. The van der Waals surface area contributed by atoms with Gasteiger partial charge < -0.3 is 15.0 Å². The molecule has 1 unspecified atom stereocenters. The van der Waals surface area contributed by atoms with E-state index in [1.165, 1.54) is 6.07 Å². The molecule has 0 saturated heterocycles. The van der Waals surface area contributed by atoms with E-state index >= 15 is 0 Å². The second kappa shape index (κ2) is 5.56. The molecule has 0 aliphatic carbocycles. The van der Waals surface area contributed by atoms with Crippen LogP contribution in [0.3, 0.4) is 0 Å². The van der Waals surface area contributed by atoms with Crippen molar-refractivity contribution in [2.75, 3.05) is 12.4 Å². The maximum Gasteiger partial charge on any atom is 0.252 e. The van der Waals surface area contributed by atoms with Crippen LogP contribution in [0.4, 0.5) is 5.82 Å². The second-order valence-electron chi connectivity index (χ2n) is 4.36. The summed E-state index contributed by atoms with van der Waals surface area (Å²) in [4.78, 5) is 18.2. The van der Waals surface area contributed by atoms with E-state index < -0.39 is 0 Å². The van der Waals surface area contributed by atoms with Crippen LogP contribution in [0.1, 0.15) is 24.4 Å². The predicted octanol–water partition coefficient (Wildman–Crippen LogP) is 2.26. The number of nitrogens with one attached hydrogen (secondary N) is 2. The fraction of sp³-hybridized carbons (Fsp3) is 0.286. The number of aromatic nitrogens is 2. The topological polar surface area (TPSA) is 67.0 Å². The average molecular weight is 259 g/mol. The van der Waals surface area contributed by atoms with Gasteiger partial charge in [0.1, 0.15) is 17.4 Å². The van der Waals surface area contributed by atoms with Crippen molar-refractivity contribution in [3.8, 4) is 5.75 Å². The molecule has 1 aromatic carbocycles. The van der Waals surface area contributed by atoms with Gasteiger partial charge in [0.25, 0.3) is 5.56 Å². The number of aryl methyl sites for hydroxylation is 1. The Hall–Kier alpha value is -2.30. The fourth-order valence-electron chi connectivity index (χ4n) is 1.85. The van der Waals surface area contributed by atoms with E-state index in [-0.39, 0.29) is 11.6 Å². The van der Waals surface area contributed by atoms with Gasteiger partial charge in [-0.05, 0) is 31.5 Å². The van der Waals surface area contributed by atoms with Crippen molar-refractivity contribution in [1.82, 2.24) is 9.97 Å². The minimum absolute atomic E-state index is 0.0552. The number of nitrogens with zero attached hydrogens (tertiary/aromatic N) is 1. The van der Waals surface area contributed by atoms with Gasteiger partial charge in [-0.25, -0.2) is 4.98 Å². The molecule has 0 aliphatic heterocycles. The van der Waals surface area contributed by atoms with Gasteiger partial charge in [0.15, 0.2) is 0 Å². The molecule has 5 heteroatoms. The molecule has 0 fully saturated rings. The number of benzene rings is 1. The van der Waals surface area contributed by atoms with Crippen LogP contribution < -0.4 is 15.6 Å². The number of rotatable bonds is 4. The predicted molar refractivity (Wildman–Crippen MR) is 74.6 cm³/mol. The molecule has 1 heterocycles. The van der Waals surface area contributed by atoms with E-state index in [4.69, 9.17) is 4.74 Å². The van der Waals surface area contributed by atoms with E-state index in [2.05, 4.69) is 15.3 Å². The quantitative estimate of drug-likeness (QED) is 0.883. The Labute approximate surface area is 111 Å². The second-order valence-corrected chi connectivity index (χ2v) is 4.36. The zero-order valence-electron chi connectivity index (χ0n) is 11.2. The van der Waals surface area contributed by atoms with Gasteiger partial charge in [-0.3, -0.25) is 4.79 Å². The monoisotopic (exact) mass is 259 g/mol. The van der Waals surface area contributed by atoms with E-state index in [0.29, 0.717) is 11.6 Å². The molecular weight excluding hydrogens is 242 g/mol. The third kappa shape index (κ3) is 3.34. The van der Waals surface area contributed by atoms with Crippen molar-refractivity contribution in [1.29, 1.82) is 0 Å². The van der Waals surface area contributed by atoms with Gasteiger partial charge in [-0.15, -0.1) is 0 Å². The fourth-order valence-corrected chi connectivity index (χ4v) is 1.85. The van der Waals surface area contributed by atoms with Gasteiger partial charge in [0, 0.05) is 12.1 Å². The molecule has 0 amide bonds. The Bertz CT molecular complexity index is 605. The molecule has 2 N–H and O–H groups in total.